The van der Waals surface area contributed by atoms with Crippen molar-refractivity contribution in [2.24, 2.45) is 0 Å². The van der Waals surface area contributed by atoms with E-state index in [2.05, 4.69) is 11.9 Å². The van der Waals surface area contributed by atoms with E-state index in [-0.39, 0.29) is 12.1 Å². The van der Waals surface area contributed by atoms with Crippen LogP contribution in [0.1, 0.15) is 40.5 Å². The average Bonchev–Trinajstić information content (AvgIpc) is 2.80. The number of allylic oxidation sites excluding steroid dienone is 2. The maximum atomic E-state index is 12.1. The molecule has 1 fully saturated rings. The number of nitrogens with zero attached hydrogens (tertiary/aromatic N) is 1. The molecule has 1 aliphatic rings. The van der Waals surface area contributed by atoms with Crippen LogP contribution in [-0.4, -0.2) is 41.9 Å². The smallest absolute Gasteiger partial charge is 0.410 e. The largest absolute Gasteiger partial charge is 0.444 e. The molecule has 5 heteroatoms. The quantitative estimate of drug-likeness (QED) is 0.604. The molecule has 1 aliphatic heterocycles. The fourth-order valence-electron chi connectivity index (χ4n) is 2.20. The zero-order chi connectivity index (χ0) is 16.0. The Morgan fingerprint density at radius 1 is 1.52 bits per heavy atom. The molecule has 5 nitrogen and oxygen atoms in total. The predicted octanol–water partition coefficient (Wildman–Crippen LogP) is 3.09. The number of ether oxygens (including phenoxy) is 1. The van der Waals surface area contributed by atoms with E-state index in [1.54, 1.807) is 11.1 Å². The lowest BCUT2D eigenvalue weighted by molar-refractivity contribution is 0.0228. The first-order valence-corrected chi connectivity index (χ1v) is 7.34. The van der Waals surface area contributed by atoms with E-state index in [1.165, 1.54) is 6.21 Å². The van der Waals surface area contributed by atoms with Gasteiger partial charge in [0.15, 0.2) is 0 Å². The molecule has 1 saturated heterocycles. The summed E-state index contributed by atoms with van der Waals surface area (Å²) in [5.74, 6) is 0. The van der Waals surface area contributed by atoms with Gasteiger partial charge >= 0.3 is 6.09 Å². The van der Waals surface area contributed by atoms with E-state index >= 15 is 0 Å². The van der Waals surface area contributed by atoms with Gasteiger partial charge in [0.25, 0.3) is 0 Å². The number of carbonyl (C=O) groups excluding carboxylic acids is 1. The van der Waals surface area contributed by atoms with E-state index in [9.17, 15) is 4.79 Å². The van der Waals surface area contributed by atoms with Crippen molar-refractivity contribution in [3.8, 4) is 0 Å². The summed E-state index contributed by atoms with van der Waals surface area (Å²) in [4.78, 5) is 13.9. The van der Waals surface area contributed by atoms with E-state index in [1.807, 2.05) is 27.7 Å². The van der Waals surface area contributed by atoms with Crippen LogP contribution in [0.25, 0.3) is 0 Å². The van der Waals surface area contributed by atoms with Gasteiger partial charge < -0.3 is 20.4 Å². The van der Waals surface area contributed by atoms with Gasteiger partial charge in [0.2, 0.25) is 0 Å². The van der Waals surface area contributed by atoms with Crippen molar-refractivity contribution in [3.05, 3.63) is 23.9 Å². The Bertz CT molecular complexity index is 435. The number of hydrogen-bond acceptors (Lipinski definition) is 4. The fraction of sp³-hybridized carbons (Fsp3) is 0.625. The van der Waals surface area contributed by atoms with Gasteiger partial charge in [0.1, 0.15) is 5.60 Å². The Kier molecular flexibility index (Phi) is 6.00. The Labute approximate surface area is 127 Å². The van der Waals surface area contributed by atoms with Crippen molar-refractivity contribution < 1.29 is 9.53 Å². The van der Waals surface area contributed by atoms with Crippen molar-refractivity contribution in [2.45, 2.75) is 52.2 Å². The third-order valence-electron chi connectivity index (χ3n) is 3.26. The minimum atomic E-state index is -0.467. The summed E-state index contributed by atoms with van der Waals surface area (Å²) in [6.07, 6.45) is 4.76. The van der Waals surface area contributed by atoms with Crippen molar-refractivity contribution >= 4 is 12.3 Å². The highest BCUT2D eigenvalue weighted by atomic mass is 16.6. The van der Waals surface area contributed by atoms with Crippen LogP contribution in [0.2, 0.25) is 0 Å². The Morgan fingerprint density at radius 3 is 2.71 bits per heavy atom. The first-order chi connectivity index (χ1) is 9.74. The topological polar surface area (TPSA) is 65.4 Å². The van der Waals surface area contributed by atoms with E-state index in [0.717, 1.165) is 30.5 Å². The molecule has 21 heavy (non-hydrogen) atoms. The summed E-state index contributed by atoms with van der Waals surface area (Å²) in [6.45, 7) is 12.7. The SMILES string of the molecule is C=C(C)/C(C=N)=C/NCC1CCCN1C(=O)OC(C)(C)C. The minimum Gasteiger partial charge on any atom is -0.444 e. The van der Waals surface area contributed by atoms with Gasteiger partial charge in [-0.25, -0.2) is 4.79 Å². The lowest BCUT2D eigenvalue weighted by atomic mass is 10.1. The number of hydrogen-bond donors (Lipinski definition) is 2. The van der Waals surface area contributed by atoms with Gasteiger partial charge in [-0.3, -0.25) is 0 Å². The van der Waals surface area contributed by atoms with Gasteiger partial charge in [-0.1, -0.05) is 6.58 Å². The van der Waals surface area contributed by atoms with E-state index in [0.29, 0.717) is 6.54 Å². The van der Waals surface area contributed by atoms with Gasteiger partial charge in [-0.2, -0.15) is 0 Å². The van der Waals surface area contributed by atoms with Crippen LogP contribution in [-0.2, 0) is 4.74 Å². The molecule has 2 N–H and O–H groups in total. The van der Waals surface area contributed by atoms with Gasteiger partial charge in [-0.05, 0) is 46.1 Å². The third kappa shape index (κ3) is 5.61. The van der Waals surface area contributed by atoms with Crippen molar-refractivity contribution in [1.82, 2.24) is 10.2 Å². The summed E-state index contributed by atoms with van der Waals surface area (Å²) in [7, 11) is 0. The van der Waals surface area contributed by atoms with Gasteiger partial charge in [-0.15, -0.1) is 0 Å². The summed E-state index contributed by atoms with van der Waals surface area (Å²) < 4.78 is 5.43. The first kappa shape index (κ1) is 17.3. The lowest BCUT2D eigenvalue weighted by Crippen LogP contribution is -2.43. The number of carbonyl (C=O) groups is 1. The molecule has 118 valence electrons. The molecule has 1 atom stereocenters. The molecule has 0 saturated carbocycles. The second kappa shape index (κ2) is 7.29. The highest BCUT2D eigenvalue weighted by Gasteiger charge is 2.31. The van der Waals surface area contributed by atoms with Crippen LogP contribution in [0.15, 0.2) is 23.9 Å². The molecule has 0 aromatic heterocycles. The van der Waals surface area contributed by atoms with Gasteiger partial charge in [0, 0.05) is 31.1 Å². The molecular weight excluding hydrogens is 266 g/mol. The van der Waals surface area contributed by atoms with Crippen LogP contribution in [0.4, 0.5) is 4.79 Å². The predicted molar refractivity (Wildman–Crippen MR) is 85.6 cm³/mol. The molecule has 0 aliphatic carbocycles. The molecular formula is C16H27N3O2. The fourth-order valence-corrected chi connectivity index (χ4v) is 2.20. The number of nitrogens with one attached hydrogen (secondary N) is 2. The zero-order valence-corrected chi connectivity index (χ0v) is 13.5. The van der Waals surface area contributed by atoms with Crippen molar-refractivity contribution in [3.63, 3.8) is 0 Å². The van der Waals surface area contributed by atoms with Crippen LogP contribution >= 0.6 is 0 Å². The molecule has 1 amide bonds. The standard InChI is InChI=1S/C16H27N3O2/c1-12(2)13(9-17)10-18-11-14-7-6-8-19(14)15(20)21-16(3,4)5/h9-10,14,17-18H,1,6-8,11H2,2-5H3/b13-10+,17-9?. The Balaban J connectivity index is 2.56. The van der Waals surface area contributed by atoms with Crippen LogP contribution < -0.4 is 5.32 Å². The summed E-state index contributed by atoms with van der Waals surface area (Å²) >= 11 is 0. The van der Waals surface area contributed by atoms with E-state index in [4.69, 9.17) is 10.1 Å². The molecule has 1 rings (SSSR count). The van der Waals surface area contributed by atoms with Crippen LogP contribution in [0.3, 0.4) is 0 Å². The maximum absolute atomic E-state index is 12.1. The second-order valence-electron chi connectivity index (χ2n) is 6.40. The Morgan fingerprint density at radius 2 is 2.19 bits per heavy atom. The minimum absolute atomic E-state index is 0.133. The van der Waals surface area contributed by atoms with Crippen molar-refractivity contribution in [1.29, 1.82) is 5.41 Å². The summed E-state index contributed by atoms with van der Waals surface area (Å²) in [5.41, 5.74) is 1.13. The first-order valence-electron chi connectivity index (χ1n) is 7.34. The molecule has 0 bridgehead atoms. The number of rotatable bonds is 5. The Hall–Kier alpha value is -1.78. The maximum Gasteiger partial charge on any atom is 0.410 e. The monoisotopic (exact) mass is 293 g/mol. The molecule has 0 aromatic carbocycles. The average molecular weight is 293 g/mol. The van der Waals surface area contributed by atoms with Crippen LogP contribution in [0.5, 0.6) is 0 Å². The third-order valence-corrected chi connectivity index (χ3v) is 3.26. The molecule has 0 spiro atoms. The number of likely N-dealkylation sites (tertiary alicyclic amines) is 1. The molecule has 1 heterocycles. The normalized spacial score (nSPS) is 19.3. The lowest BCUT2D eigenvalue weighted by Gasteiger charge is -2.28. The number of amides is 1. The van der Waals surface area contributed by atoms with Crippen molar-refractivity contribution in [2.75, 3.05) is 13.1 Å². The highest BCUT2D eigenvalue weighted by Crippen LogP contribution is 2.20. The molecule has 1 unspecified atom stereocenters. The molecule has 0 aromatic rings. The highest BCUT2D eigenvalue weighted by molar-refractivity contribution is 5.81. The van der Waals surface area contributed by atoms with Gasteiger partial charge in [0.05, 0.1) is 6.04 Å². The summed E-state index contributed by atoms with van der Waals surface area (Å²) in [5, 5.41) is 10.5. The van der Waals surface area contributed by atoms with E-state index < -0.39 is 5.60 Å². The summed E-state index contributed by atoms with van der Waals surface area (Å²) in [6, 6.07) is 0.133. The molecule has 0 radical (unpaired) electrons. The second-order valence-corrected chi connectivity index (χ2v) is 6.40. The zero-order valence-electron chi connectivity index (χ0n) is 13.5. The van der Waals surface area contributed by atoms with Crippen LogP contribution in [0, 0.1) is 5.41 Å².